The molecule has 0 aromatic heterocycles. The van der Waals surface area contributed by atoms with Crippen molar-refractivity contribution >= 4 is 28.9 Å². The monoisotopic (exact) mass is 600 g/mol. The number of ketones is 5. The maximum absolute atomic E-state index is 14.0. The number of hydrogen-bond donors (Lipinski definition) is 5. The van der Waals surface area contributed by atoms with Gasteiger partial charge in [0.05, 0.1) is 0 Å². The van der Waals surface area contributed by atoms with Crippen LogP contribution in [0.3, 0.4) is 0 Å². The molecule has 2 unspecified atom stereocenters. The molecule has 0 bridgehead atoms. The third-order valence-corrected chi connectivity index (χ3v) is 8.31. The molecule has 1 fully saturated rings. The fourth-order valence-electron chi connectivity index (χ4n) is 5.55. The first kappa shape index (κ1) is 38.1. The van der Waals surface area contributed by atoms with Gasteiger partial charge in [-0.05, 0) is 32.1 Å². The highest BCUT2D eigenvalue weighted by molar-refractivity contribution is 6.11. The van der Waals surface area contributed by atoms with Crippen molar-refractivity contribution in [1.82, 2.24) is 0 Å². The topological polar surface area (TPSA) is 196 Å². The van der Waals surface area contributed by atoms with Crippen molar-refractivity contribution in [3.8, 4) is 0 Å². The van der Waals surface area contributed by atoms with Gasteiger partial charge in [0.25, 0.3) is 5.79 Å². The van der Waals surface area contributed by atoms with Crippen LogP contribution in [0.1, 0.15) is 131 Å². The standard InChI is InChI=1S/C31H52O11/c1-6-11-16-21(32)26(37)27-28(38,22(33)17-12-7-2)29(39,23(34)18-13-8-3)30(40,24(35)19-14-9-4)31(41,42-27)25(36)20-15-10-5/h26-27,37-41H,6-20H2,1-5H3/t26?,27-,28-,29+,30-,31?/m1/s1. The molecule has 0 saturated carbocycles. The summed E-state index contributed by atoms with van der Waals surface area (Å²) in [4.78, 5) is 68.3. The molecule has 5 N–H and O–H groups in total. The summed E-state index contributed by atoms with van der Waals surface area (Å²) in [7, 11) is 0. The molecule has 0 amide bonds. The maximum Gasteiger partial charge on any atom is 0.267 e. The molecule has 1 aliphatic rings. The van der Waals surface area contributed by atoms with Crippen molar-refractivity contribution in [2.45, 2.75) is 166 Å². The Kier molecular flexibility index (Phi) is 14.8. The lowest BCUT2D eigenvalue weighted by molar-refractivity contribution is -0.396. The smallest absolute Gasteiger partial charge is 0.267 e. The Morgan fingerprint density at radius 3 is 1.36 bits per heavy atom. The molecule has 1 saturated heterocycles. The van der Waals surface area contributed by atoms with E-state index in [0.29, 0.717) is 38.5 Å². The summed E-state index contributed by atoms with van der Waals surface area (Å²) in [5.74, 6) is -10.0. The molecule has 242 valence electrons. The molecule has 11 nitrogen and oxygen atoms in total. The molecule has 0 aromatic rings. The van der Waals surface area contributed by atoms with Crippen LogP contribution < -0.4 is 0 Å². The van der Waals surface area contributed by atoms with Crippen LogP contribution in [0.4, 0.5) is 0 Å². The lowest BCUT2D eigenvalue weighted by atomic mass is 9.55. The summed E-state index contributed by atoms with van der Waals surface area (Å²) in [5, 5.41) is 60.1. The minimum Gasteiger partial charge on any atom is -0.382 e. The fraction of sp³-hybridized carbons (Fsp3) is 0.839. The highest BCUT2D eigenvalue weighted by Gasteiger charge is 2.85. The lowest BCUT2D eigenvalue weighted by Crippen LogP contribution is -2.92. The van der Waals surface area contributed by atoms with Crippen LogP contribution >= 0.6 is 0 Å². The van der Waals surface area contributed by atoms with E-state index in [0.717, 1.165) is 0 Å². The van der Waals surface area contributed by atoms with Crippen molar-refractivity contribution in [3.05, 3.63) is 0 Å². The van der Waals surface area contributed by atoms with Crippen molar-refractivity contribution in [1.29, 1.82) is 0 Å². The van der Waals surface area contributed by atoms with E-state index in [2.05, 4.69) is 0 Å². The van der Waals surface area contributed by atoms with Crippen LogP contribution in [0, 0.1) is 0 Å². The molecule has 42 heavy (non-hydrogen) atoms. The Bertz CT molecular complexity index is 965. The SMILES string of the molecule is CCCCC(=O)C(O)[C@H]1OC(O)(C(=O)CCCC)[C@@](O)(C(=O)CCCC)[C@](O)(C(=O)CCCC)[C@@]1(O)C(=O)CCCC. The fourth-order valence-corrected chi connectivity index (χ4v) is 5.55. The van der Waals surface area contributed by atoms with Crippen LogP contribution in [-0.4, -0.2) is 89.2 Å². The van der Waals surface area contributed by atoms with Crippen molar-refractivity contribution in [2.24, 2.45) is 0 Å². The van der Waals surface area contributed by atoms with Crippen LogP contribution in [0.25, 0.3) is 0 Å². The second-order valence-corrected chi connectivity index (χ2v) is 11.5. The molecule has 0 aliphatic carbocycles. The molecule has 1 heterocycles. The van der Waals surface area contributed by atoms with Gasteiger partial charge in [-0.1, -0.05) is 66.7 Å². The largest absolute Gasteiger partial charge is 0.382 e. The number of unbranched alkanes of at least 4 members (excludes halogenated alkanes) is 5. The molecule has 11 heteroatoms. The summed E-state index contributed by atoms with van der Waals surface area (Å²) in [5.41, 5.74) is -11.3. The quantitative estimate of drug-likeness (QED) is 0.130. The minimum atomic E-state index is -3.85. The second kappa shape index (κ2) is 16.3. The van der Waals surface area contributed by atoms with E-state index < -0.39 is 89.4 Å². The van der Waals surface area contributed by atoms with Gasteiger partial charge >= 0.3 is 0 Å². The summed E-state index contributed by atoms with van der Waals surface area (Å²) in [6.07, 6.45) is -4.35. The van der Waals surface area contributed by atoms with Gasteiger partial charge in [0.15, 0.2) is 34.5 Å². The van der Waals surface area contributed by atoms with Gasteiger partial charge in [0, 0.05) is 32.1 Å². The Morgan fingerprint density at radius 1 is 0.571 bits per heavy atom. The Labute approximate surface area is 249 Å². The number of carbonyl (C=O) groups is 5. The number of Topliss-reactive ketones (excluding diaryl/α,β-unsaturated/α-hetero) is 5. The van der Waals surface area contributed by atoms with E-state index in [4.69, 9.17) is 4.74 Å². The van der Waals surface area contributed by atoms with Gasteiger partial charge in [-0.15, -0.1) is 0 Å². The van der Waals surface area contributed by atoms with Crippen LogP contribution in [-0.2, 0) is 28.7 Å². The minimum absolute atomic E-state index is 0.0886. The summed E-state index contributed by atoms with van der Waals surface area (Å²) >= 11 is 0. The van der Waals surface area contributed by atoms with Crippen LogP contribution in [0.5, 0.6) is 0 Å². The zero-order valence-corrected chi connectivity index (χ0v) is 25.9. The van der Waals surface area contributed by atoms with Gasteiger partial charge in [0.1, 0.15) is 12.2 Å². The van der Waals surface area contributed by atoms with E-state index in [-0.39, 0.29) is 32.1 Å². The van der Waals surface area contributed by atoms with Gasteiger partial charge in [-0.2, -0.15) is 0 Å². The van der Waals surface area contributed by atoms with E-state index in [9.17, 15) is 49.5 Å². The highest BCUT2D eigenvalue weighted by Crippen LogP contribution is 2.53. The molecular formula is C31H52O11. The van der Waals surface area contributed by atoms with Crippen LogP contribution in [0.15, 0.2) is 0 Å². The van der Waals surface area contributed by atoms with E-state index in [1.165, 1.54) is 0 Å². The number of ether oxygens (including phenoxy) is 1. The molecule has 1 aliphatic heterocycles. The molecule has 0 radical (unpaired) electrons. The third kappa shape index (κ3) is 6.76. The van der Waals surface area contributed by atoms with Gasteiger partial charge in [0.2, 0.25) is 11.2 Å². The second-order valence-electron chi connectivity index (χ2n) is 11.5. The summed E-state index contributed by atoms with van der Waals surface area (Å²) < 4.78 is 5.56. The van der Waals surface area contributed by atoms with Crippen LogP contribution in [0.2, 0.25) is 0 Å². The molecule has 0 aromatic carbocycles. The van der Waals surface area contributed by atoms with E-state index in [1.807, 2.05) is 0 Å². The first-order chi connectivity index (χ1) is 19.7. The average Bonchev–Trinajstić information content (AvgIpc) is 2.98. The summed E-state index contributed by atoms with van der Waals surface area (Å²) in [6, 6.07) is 0. The Hall–Kier alpha value is -1.89. The lowest BCUT2D eigenvalue weighted by Gasteiger charge is -2.61. The summed E-state index contributed by atoms with van der Waals surface area (Å²) in [6.45, 7) is 8.66. The van der Waals surface area contributed by atoms with Gasteiger partial charge in [-0.3, -0.25) is 24.0 Å². The van der Waals surface area contributed by atoms with E-state index >= 15 is 0 Å². The van der Waals surface area contributed by atoms with Crippen molar-refractivity contribution in [2.75, 3.05) is 0 Å². The number of carbonyl (C=O) groups excluding carboxylic acids is 5. The molecule has 6 atom stereocenters. The van der Waals surface area contributed by atoms with Crippen molar-refractivity contribution in [3.63, 3.8) is 0 Å². The number of aliphatic hydroxyl groups excluding tert-OH is 1. The number of aliphatic hydroxyl groups is 5. The van der Waals surface area contributed by atoms with E-state index in [1.54, 1.807) is 34.6 Å². The zero-order valence-electron chi connectivity index (χ0n) is 25.9. The Balaban J connectivity index is 4.27. The molecule has 1 rings (SSSR count). The van der Waals surface area contributed by atoms with Crippen molar-refractivity contribution < 1.29 is 54.2 Å². The third-order valence-electron chi connectivity index (χ3n) is 8.31. The highest BCUT2D eigenvalue weighted by atomic mass is 16.7. The maximum atomic E-state index is 14.0. The first-order valence-electron chi connectivity index (χ1n) is 15.6. The Morgan fingerprint density at radius 2 is 0.929 bits per heavy atom. The zero-order chi connectivity index (χ0) is 32.4. The number of hydrogen-bond acceptors (Lipinski definition) is 11. The molecule has 0 spiro atoms. The van der Waals surface area contributed by atoms with Gasteiger partial charge in [-0.25, -0.2) is 0 Å². The normalized spacial score (nSPS) is 30.1. The van der Waals surface area contributed by atoms with Gasteiger partial charge < -0.3 is 30.3 Å². The molecular weight excluding hydrogens is 548 g/mol. The number of rotatable bonds is 21. The predicted octanol–water partition coefficient (Wildman–Crippen LogP) is 2.42. The average molecular weight is 601 g/mol. The first-order valence-corrected chi connectivity index (χ1v) is 15.6. The predicted molar refractivity (Wildman–Crippen MR) is 153 cm³/mol.